The van der Waals surface area contributed by atoms with Crippen LogP contribution in [0.15, 0.2) is 34.9 Å². The molecule has 0 saturated carbocycles. The van der Waals surface area contributed by atoms with Gasteiger partial charge in [0.2, 0.25) is 5.89 Å². The van der Waals surface area contributed by atoms with Crippen LogP contribution in [0.25, 0.3) is 0 Å². The minimum atomic E-state index is -0.142. The summed E-state index contributed by atoms with van der Waals surface area (Å²) in [6, 6.07) is 8.14. The Labute approximate surface area is 182 Å². The van der Waals surface area contributed by atoms with Crippen molar-refractivity contribution in [2.45, 2.75) is 19.5 Å². The molecule has 2 aliphatic rings. The Balaban J connectivity index is 0.00000256. The van der Waals surface area contributed by atoms with E-state index in [0.29, 0.717) is 31.2 Å². The Morgan fingerprint density at radius 1 is 1.23 bits per heavy atom. The third-order valence-electron chi connectivity index (χ3n) is 6.03. The molecule has 3 amide bonds. The molecule has 2 N–H and O–H groups in total. The van der Waals surface area contributed by atoms with Gasteiger partial charge in [0, 0.05) is 45.6 Å². The molecule has 0 bridgehead atoms. The summed E-state index contributed by atoms with van der Waals surface area (Å²) in [5.74, 6) is 0.628. The summed E-state index contributed by atoms with van der Waals surface area (Å²) in [5.41, 5.74) is 8.13. The smallest absolute Gasteiger partial charge is 0.320 e. The highest BCUT2D eigenvalue weighted by Gasteiger charge is 2.51. The molecule has 0 spiro atoms. The van der Waals surface area contributed by atoms with Gasteiger partial charge in [0.25, 0.3) is 5.91 Å². The van der Waals surface area contributed by atoms with Crippen molar-refractivity contribution in [2.75, 3.05) is 33.7 Å². The number of fused-ring (bicyclic) bond motifs is 1. The molecular weight excluding hydrogens is 406 g/mol. The second kappa shape index (κ2) is 8.65. The lowest BCUT2D eigenvalue weighted by Crippen LogP contribution is -2.42. The van der Waals surface area contributed by atoms with Crippen molar-refractivity contribution in [1.29, 1.82) is 0 Å². The van der Waals surface area contributed by atoms with Crippen LogP contribution in [0.1, 0.15) is 33.5 Å². The number of hydrogen-bond donors (Lipinski definition) is 1. The summed E-state index contributed by atoms with van der Waals surface area (Å²) in [7, 11) is 3.56. The van der Waals surface area contributed by atoms with Crippen LogP contribution >= 0.6 is 12.4 Å². The van der Waals surface area contributed by atoms with Crippen molar-refractivity contribution < 1.29 is 14.0 Å². The van der Waals surface area contributed by atoms with Gasteiger partial charge in [0.1, 0.15) is 6.26 Å². The highest BCUT2D eigenvalue weighted by Crippen LogP contribution is 2.46. The molecule has 9 heteroatoms. The third-order valence-corrected chi connectivity index (χ3v) is 6.03. The normalized spacial score (nSPS) is 22.6. The van der Waals surface area contributed by atoms with Crippen molar-refractivity contribution in [1.82, 2.24) is 19.7 Å². The maximum absolute atomic E-state index is 12.9. The summed E-state index contributed by atoms with van der Waals surface area (Å²) in [6.45, 7) is 4.06. The zero-order valence-corrected chi connectivity index (χ0v) is 18.3. The zero-order chi connectivity index (χ0) is 20.7. The van der Waals surface area contributed by atoms with Crippen LogP contribution in [0.4, 0.5) is 4.79 Å². The lowest BCUT2D eigenvalue weighted by atomic mass is 9.88. The van der Waals surface area contributed by atoms with E-state index >= 15 is 0 Å². The molecule has 3 heterocycles. The molecule has 1 aromatic carbocycles. The first-order valence-electron chi connectivity index (χ1n) is 9.88. The topological polar surface area (TPSA) is 95.9 Å². The van der Waals surface area contributed by atoms with E-state index in [0.717, 1.165) is 11.1 Å². The number of carbonyl (C=O) groups excluding carboxylic acids is 2. The van der Waals surface area contributed by atoms with Crippen molar-refractivity contribution in [3.63, 3.8) is 0 Å². The summed E-state index contributed by atoms with van der Waals surface area (Å²) >= 11 is 0. The standard InChI is InChI=1S/C21H27N5O3.ClH/c1-13-6-4-5-7-15(13)19-16-11-25(20(27)17-12-29-18(8-22)23-17)9-14(16)10-26(19)21(28)24(2)3;/h4-7,12,14,16,19H,8-11,22H2,1-3H3;1H/t14-,16-,19+;/m1./s1. The predicted molar refractivity (Wildman–Crippen MR) is 114 cm³/mol. The lowest BCUT2D eigenvalue weighted by Gasteiger charge is -2.32. The number of aryl methyl sites for hydroxylation is 1. The molecule has 2 saturated heterocycles. The lowest BCUT2D eigenvalue weighted by molar-refractivity contribution is 0.0760. The number of carbonyl (C=O) groups is 2. The molecule has 0 unspecified atom stereocenters. The van der Waals surface area contributed by atoms with E-state index in [-0.39, 0.29) is 48.8 Å². The molecule has 8 nitrogen and oxygen atoms in total. The Bertz CT molecular complexity index is 931. The number of halogens is 1. The van der Waals surface area contributed by atoms with E-state index in [1.807, 2.05) is 21.9 Å². The monoisotopic (exact) mass is 433 g/mol. The number of hydrogen-bond acceptors (Lipinski definition) is 5. The molecular formula is C21H28ClN5O3. The summed E-state index contributed by atoms with van der Waals surface area (Å²) in [4.78, 5) is 35.4. The maximum Gasteiger partial charge on any atom is 0.320 e. The van der Waals surface area contributed by atoms with Gasteiger partial charge in [-0.05, 0) is 18.1 Å². The van der Waals surface area contributed by atoms with E-state index in [4.69, 9.17) is 10.2 Å². The Hall–Kier alpha value is -2.58. The Morgan fingerprint density at radius 3 is 2.60 bits per heavy atom. The quantitative estimate of drug-likeness (QED) is 0.801. The number of likely N-dealkylation sites (tertiary alicyclic amines) is 2. The summed E-state index contributed by atoms with van der Waals surface area (Å²) < 4.78 is 5.23. The minimum absolute atomic E-state index is 0. The van der Waals surface area contributed by atoms with Gasteiger partial charge in [-0.1, -0.05) is 24.3 Å². The number of benzene rings is 1. The minimum Gasteiger partial charge on any atom is -0.447 e. The highest BCUT2D eigenvalue weighted by molar-refractivity contribution is 5.92. The van der Waals surface area contributed by atoms with Crippen LogP contribution in [0.5, 0.6) is 0 Å². The predicted octanol–water partition coefficient (Wildman–Crippen LogP) is 2.29. The molecule has 0 radical (unpaired) electrons. The molecule has 162 valence electrons. The highest BCUT2D eigenvalue weighted by atomic mass is 35.5. The second-order valence-electron chi connectivity index (χ2n) is 8.10. The van der Waals surface area contributed by atoms with Crippen molar-refractivity contribution in [2.24, 2.45) is 17.6 Å². The second-order valence-corrected chi connectivity index (χ2v) is 8.10. The molecule has 1 aromatic heterocycles. The maximum atomic E-state index is 12.9. The van der Waals surface area contributed by atoms with Crippen LogP contribution in [0, 0.1) is 18.8 Å². The van der Waals surface area contributed by atoms with Gasteiger partial charge in [-0.2, -0.15) is 0 Å². The fraction of sp³-hybridized carbons (Fsp3) is 0.476. The largest absolute Gasteiger partial charge is 0.447 e. The van der Waals surface area contributed by atoms with Gasteiger partial charge < -0.3 is 24.9 Å². The number of nitrogens with two attached hydrogens (primary N) is 1. The number of rotatable bonds is 3. The van der Waals surface area contributed by atoms with Crippen LogP contribution in [0.2, 0.25) is 0 Å². The van der Waals surface area contributed by atoms with E-state index in [1.54, 1.807) is 19.0 Å². The van der Waals surface area contributed by atoms with Gasteiger partial charge in [0.15, 0.2) is 5.69 Å². The number of nitrogens with zero attached hydrogens (tertiary/aromatic N) is 4. The molecule has 4 rings (SSSR count). The molecule has 3 atom stereocenters. The summed E-state index contributed by atoms with van der Waals surface area (Å²) in [5, 5.41) is 0. The van der Waals surface area contributed by atoms with Crippen LogP contribution in [-0.2, 0) is 6.54 Å². The first kappa shape index (κ1) is 22.1. The van der Waals surface area contributed by atoms with Crippen molar-refractivity contribution >= 4 is 24.3 Å². The van der Waals surface area contributed by atoms with Gasteiger partial charge >= 0.3 is 6.03 Å². The Morgan fingerprint density at radius 2 is 1.97 bits per heavy atom. The van der Waals surface area contributed by atoms with Crippen molar-refractivity contribution in [3.05, 3.63) is 53.2 Å². The molecule has 2 aliphatic heterocycles. The average Bonchev–Trinajstić information content (AvgIpc) is 3.41. The average molecular weight is 434 g/mol. The number of urea groups is 1. The van der Waals surface area contributed by atoms with Crippen molar-refractivity contribution in [3.8, 4) is 0 Å². The van der Waals surface area contributed by atoms with E-state index in [2.05, 4.69) is 24.0 Å². The molecule has 2 fully saturated rings. The van der Waals surface area contributed by atoms with Gasteiger partial charge in [0.05, 0.1) is 12.6 Å². The molecule has 30 heavy (non-hydrogen) atoms. The summed E-state index contributed by atoms with van der Waals surface area (Å²) in [6.07, 6.45) is 1.37. The van der Waals surface area contributed by atoms with Crippen LogP contribution in [-0.4, -0.2) is 65.4 Å². The number of oxazole rings is 1. The Kier molecular flexibility index (Phi) is 6.38. The fourth-order valence-corrected chi connectivity index (χ4v) is 4.65. The van der Waals surface area contributed by atoms with Gasteiger partial charge in [-0.15, -0.1) is 12.4 Å². The van der Waals surface area contributed by atoms with Gasteiger partial charge in [-0.25, -0.2) is 9.78 Å². The number of aromatic nitrogens is 1. The number of amides is 3. The van der Waals surface area contributed by atoms with E-state index in [9.17, 15) is 9.59 Å². The van der Waals surface area contributed by atoms with Gasteiger partial charge in [-0.3, -0.25) is 4.79 Å². The van der Waals surface area contributed by atoms with Crippen LogP contribution in [0.3, 0.4) is 0 Å². The first-order chi connectivity index (χ1) is 13.9. The van der Waals surface area contributed by atoms with E-state index in [1.165, 1.54) is 6.26 Å². The SMILES string of the molecule is Cc1ccccc1[C@H]1[C@@H]2CN(C(=O)c3coc(CN)n3)C[C@@H]2CN1C(=O)N(C)C.Cl. The zero-order valence-electron chi connectivity index (χ0n) is 17.4. The molecule has 0 aliphatic carbocycles. The van der Waals surface area contributed by atoms with Crippen LogP contribution < -0.4 is 5.73 Å². The first-order valence-corrected chi connectivity index (χ1v) is 9.88. The fourth-order valence-electron chi connectivity index (χ4n) is 4.65. The third kappa shape index (κ3) is 3.77. The molecule has 2 aromatic rings. The van der Waals surface area contributed by atoms with E-state index < -0.39 is 0 Å².